The van der Waals surface area contributed by atoms with E-state index in [0.29, 0.717) is 5.82 Å². The van der Waals surface area contributed by atoms with Crippen LogP contribution in [0.15, 0.2) is 134 Å². The summed E-state index contributed by atoms with van der Waals surface area (Å²) in [6.45, 7) is 0. The molecule has 4 heteroatoms. The maximum absolute atomic E-state index is 5.17. The van der Waals surface area contributed by atoms with Crippen LogP contribution < -0.4 is 0 Å². The van der Waals surface area contributed by atoms with E-state index in [4.69, 9.17) is 15.0 Å². The molecule has 0 bridgehead atoms. The molecule has 40 heavy (non-hydrogen) atoms. The van der Waals surface area contributed by atoms with Gasteiger partial charge in [0.25, 0.3) is 0 Å². The van der Waals surface area contributed by atoms with Gasteiger partial charge in [-0.15, -0.1) is 0 Å². The third-order valence-corrected chi connectivity index (χ3v) is 7.48. The zero-order chi connectivity index (χ0) is 26.5. The zero-order valence-corrected chi connectivity index (χ0v) is 21.5. The van der Waals surface area contributed by atoms with Crippen molar-refractivity contribution < 1.29 is 0 Å². The SMILES string of the molecule is c1ccc(-c2nc(-c3cc(-c4ccc5ccc6cccnc6c5n4)c4ccccc4c3)nc3ccccc23)cc1. The molecular formula is C36H22N4. The first-order valence-corrected chi connectivity index (χ1v) is 13.3. The summed E-state index contributed by atoms with van der Waals surface area (Å²) < 4.78 is 0. The summed E-state index contributed by atoms with van der Waals surface area (Å²) in [5, 5.41) is 5.44. The van der Waals surface area contributed by atoms with Crippen LogP contribution in [0.5, 0.6) is 0 Å². The van der Waals surface area contributed by atoms with Crippen LogP contribution >= 0.6 is 0 Å². The van der Waals surface area contributed by atoms with E-state index >= 15 is 0 Å². The molecule has 8 aromatic rings. The average Bonchev–Trinajstić information content (AvgIpc) is 3.04. The van der Waals surface area contributed by atoms with Gasteiger partial charge in [-0.3, -0.25) is 4.98 Å². The van der Waals surface area contributed by atoms with Crippen molar-refractivity contribution in [3.8, 4) is 33.9 Å². The van der Waals surface area contributed by atoms with Gasteiger partial charge in [0.05, 0.1) is 27.9 Å². The molecule has 0 unspecified atom stereocenters. The summed E-state index contributed by atoms with van der Waals surface area (Å²) in [5.41, 5.74) is 7.62. The van der Waals surface area contributed by atoms with Gasteiger partial charge < -0.3 is 0 Å². The Morgan fingerprint density at radius 3 is 2.08 bits per heavy atom. The number of pyridine rings is 2. The number of fused-ring (bicyclic) bond motifs is 5. The van der Waals surface area contributed by atoms with E-state index in [1.807, 2.05) is 42.6 Å². The minimum Gasteiger partial charge on any atom is -0.254 e. The molecule has 0 spiro atoms. The molecular weight excluding hydrogens is 488 g/mol. The van der Waals surface area contributed by atoms with Gasteiger partial charge in [-0.05, 0) is 41.1 Å². The van der Waals surface area contributed by atoms with Gasteiger partial charge in [0.2, 0.25) is 0 Å². The van der Waals surface area contributed by atoms with Crippen LogP contribution in [-0.2, 0) is 0 Å². The van der Waals surface area contributed by atoms with Gasteiger partial charge in [-0.25, -0.2) is 15.0 Å². The summed E-state index contributed by atoms with van der Waals surface area (Å²) in [7, 11) is 0. The molecule has 186 valence electrons. The molecule has 0 amide bonds. The molecule has 0 fully saturated rings. The van der Waals surface area contributed by atoms with Gasteiger partial charge in [0, 0.05) is 39.0 Å². The van der Waals surface area contributed by atoms with Crippen LogP contribution in [0.3, 0.4) is 0 Å². The summed E-state index contributed by atoms with van der Waals surface area (Å²) in [6.07, 6.45) is 1.83. The van der Waals surface area contributed by atoms with E-state index in [1.54, 1.807) is 0 Å². The Labute approximate surface area is 230 Å². The van der Waals surface area contributed by atoms with E-state index in [-0.39, 0.29) is 0 Å². The standard InChI is InChI=1S/C36H22N4/c1-2-9-23(10-3-1)33-29-14-6-7-15-31(29)39-36(40-33)27-21-26-11-4-5-13-28(26)30(22-27)32-19-18-25-17-16-24-12-8-20-37-34(24)35(25)38-32/h1-22H. The number of aromatic nitrogens is 4. The largest absolute Gasteiger partial charge is 0.254 e. The lowest BCUT2D eigenvalue weighted by Crippen LogP contribution is -1.96. The Morgan fingerprint density at radius 1 is 0.450 bits per heavy atom. The smallest absolute Gasteiger partial charge is 0.160 e. The zero-order valence-electron chi connectivity index (χ0n) is 21.5. The third-order valence-electron chi connectivity index (χ3n) is 7.48. The second-order valence-corrected chi connectivity index (χ2v) is 9.93. The van der Waals surface area contributed by atoms with Crippen molar-refractivity contribution in [3.05, 3.63) is 134 Å². The first-order valence-electron chi connectivity index (χ1n) is 13.3. The van der Waals surface area contributed by atoms with Crippen molar-refractivity contribution in [2.75, 3.05) is 0 Å². The Kier molecular flexibility index (Phi) is 5.10. The van der Waals surface area contributed by atoms with E-state index in [1.165, 1.54) is 0 Å². The molecule has 0 atom stereocenters. The quantitative estimate of drug-likeness (QED) is 0.223. The topological polar surface area (TPSA) is 51.6 Å². The second kappa shape index (κ2) is 9.07. The van der Waals surface area contributed by atoms with Crippen molar-refractivity contribution in [2.45, 2.75) is 0 Å². The average molecular weight is 511 g/mol. The predicted octanol–water partition coefficient (Wildman–Crippen LogP) is 8.88. The van der Waals surface area contributed by atoms with Crippen molar-refractivity contribution in [3.63, 3.8) is 0 Å². The fourth-order valence-corrected chi connectivity index (χ4v) is 5.55. The van der Waals surface area contributed by atoms with Gasteiger partial charge >= 0.3 is 0 Å². The summed E-state index contributed by atoms with van der Waals surface area (Å²) in [5.74, 6) is 0.692. The lowest BCUT2D eigenvalue weighted by Gasteiger charge is -2.13. The van der Waals surface area contributed by atoms with Crippen LogP contribution in [-0.4, -0.2) is 19.9 Å². The number of rotatable bonds is 3. The molecule has 8 rings (SSSR count). The molecule has 0 saturated carbocycles. The van der Waals surface area contributed by atoms with Gasteiger partial charge in [0.15, 0.2) is 5.82 Å². The molecule has 0 aliphatic heterocycles. The highest BCUT2D eigenvalue weighted by Gasteiger charge is 2.15. The fraction of sp³-hybridized carbons (Fsp3) is 0. The molecule has 5 aromatic carbocycles. The first-order chi connectivity index (χ1) is 19.8. The van der Waals surface area contributed by atoms with E-state index < -0.39 is 0 Å². The van der Waals surface area contributed by atoms with Crippen LogP contribution in [0.2, 0.25) is 0 Å². The molecule has 0 aliphatic carbocycles. The molecule has 3 aromatic heterocycles. The van der Waals surface area contributed by atoms with E-state index in [0.717, 1.165) is 71.6 Å². The van der Waals surface area contributed by atoms with Crippen LogP contribution in [0.1, 0.15) is 0 Å². The molecule has 4 nitrogen and oxygen atoms in total. The molecule has 0 saturated heterocycles. The summed E-state index contributed by atoms with van der Waals surface area (Å²) in [6, 6.07) is 43.8. The normalized spacial score (nSPS) is 11.5. The Morgan fingerprint density at radius 2 is 1.18 bits per heavy atom. The van der Waals surface area contributed by atoms with Crippen molar-refractivity contribution in [1.29, 1.82) is 0 Å². The Bertz CT molecular complexity index is 2220. The Hall–Kier alpha value is -5.48. The van der Waals surface area contributed by atoms with Gasteiger partial charge in [-0.2, -0.15) is 0 Å². The minimum atomic E-state index is 0.692. The Balaban J connectivity index is 1.39. The molecule has 0 radical (unpaired) electrons. The van der Waals surface area contributed by atoms with Crippen LogP contribution in [0.25, 0.3) is 77.4 Å². The maximum Gasteiger partial charge on any atom is 0.160 e. The third kappa shape index (κ3) is 3.69. The summed E-state index contributed by atoms with van der Waals surface area (Å²) in [4.78, 5) is 20.0. The molecule has 3 heterocycles. The molecule has 0 aliphatic rings. The first kappa shape index (κ1) is 22.5. The fourth-order valence-electron chi connectivity index (χ4n) is 5.55. The highest BCUT2D eigenvalue weighted by atomic mass is 14.9. The van der Waals surface area contributed by atoms with E-state index in [2.05, 4.69) is 96.0 Å². The lowest BCUT2D eigenvalue weighted by atomic mass is 9.97. The number of nitrogens with zero attached hydrogens (tertiary/aromatic N) is 4. The van der Waals surface area contributed by atoms with Crippen molar-refractivity contribution in [2.24, 2.45) is 0 Å². The van der Waals surface area contributed by atoms with E-state index in [9.17, 15) is 0 Å². The lowest BCUT2D eigenvalue weighted by molar-refractivity contribution is 1.23. The van der Waals surface area contributed by atoms with Gasteiger partial charge in [-0.1, -0.05) is 97.1 Å². The van der Waals surface area contributed by atoms with Gasteiger partial charge in [0.1, 0.15) is 0 Å². The van der Waals surface area contributed by atoms with Crippen molar-refractivity contribution >= 4 is 43.5 Å². The highest BCUT2D eigenvalue weighted by Crippen LogP contribution is 2.36. The minimum absolute atomic E-state index is 0.692. The highest BCUT2D eigenvalue weighted by molar-refractivity contribution is 6.05. The summed E-state index contributed by atoms with van der Waals surface area (Å²) >= 11 is 0. The molecule has 0 N–H and O–H groups in total. The maximum atomic E-state index is 5.17. The second-order valence-electron chi connectivity index (χ2n) is 9.93. The number of para-hydroxylation sites is 1. The number of benzene rings is 5. The number of hydrogen-bond acceptors (Lipinski definition) is 4. The van der Waals surface area contributed by atoms with Crippen molar-refractivity contribution in [1.82, 2.24) is 19.9 Å². The predicted molar refractivity (Wildman–Crippen MR) is 164 cm³/mol. The van der Waals surface area contributed by atoms with Crippen LogP contribution in [0.4, 0.5) is 0 Å². The monoisotopic (exact) mass is 510 g/mol. The number of hydrogen-bond donors (Lipinski definition) is 0. The van der Waals surface area contributed by atoms with Crippen LogP contribution in [0, 0.1) is 0 Å².